The summed E-state index contributed by atoms with van der Waals surface area (Å²) >= 11 is 0. The van der Waals surface area contributed by atoms with Gasteiger partial charge in [-0.1, -0.05) is 0 Å². The van der Waals surface area contributed by atoms with E-state index in [0.29, 0.717) is 17.8 Å². The van der Waals surface area contributed by atoms with Crippen molar-refractivity contribution in [1.29, 1.82) is 0 Å². The molecular formula is C13H19N5O2. The number of fused-ring (bicyclic) bond motifs is 1. The van der Waals surface area contributed by atoms with E-state index in [-0.39, 0.29) is 11.9 Å². The fourth-order valence-corrected chi connectivity index (χ4v) is 3.33. The van der Waals surface area contributed by atoms with Crippen LogP contribution in [0.5, 0.6) is 0 Å². The number of carbonyl (C=O) groups is 1. The SMILES string of the molecule is O=C(N[C@H]1C[C@H]2CO[C@H](C3CC3)CN2C1)c1cn[nH]n1. The summed E-state index contributed by atoms with van der Waals surface area (Å²) in [4.78, 5) is 14.4. The highest BCUT2D eigenvalue weighted by atomic mass is 16.5. The Bertz CT molecular complexity index is 487. The third-order valence-corrected chi connectivity index (χ3v) is 4.58. The van der Waals surface area contributed by atoms with Crippen LogP contribution in [0.1, 0.15) is 29.8 Å². The molecule has 3 aliphatic rings. The zero-order chi connectivity index (χ0) is 13.5. The maximum absolute atomic E-state index is 12.0. The fourth-order valence-electron chi connectivity index (χ4n) is 3.33. The van der Waals surface area contributed by atoms with Crippen molar-refractivity contribution in [1.82, 2.24) is 25.6 Å². The molecule has 1 aromatic heterocycles. The van der Waals surface area contributed by atoms with Crippen molar-refractivity contribution in [3.8, 4) is 0 Å². The third kappa shape index (κ3) is 2.31. The molecule has 1 aliphatic carbocycles. The second-order valence-corrected chi connectivity index (χ2v) is 6.08. The smallest absolute Gasteiger partial charge is 0.273 e. The minimum atomic E-state index is -0.150. The van der Waals surface area contributed by atoms with Gasteiger partial charge in [-0.05, 0) is 25.2 Å². The molecule has 108 valence electrons. The van der Waals surface area contributed by atoms with Crippen molar-refractivity contribution in [2.24, 2.45) is 5.92 Å². The molecule has 20 heavy (non-hydrogen) atoms. The normalized spacial score (nSPS) is 33.9. The van der Waals surface area contributed by atoms with E-state index in [2.05, 4.69) is 25.6 Å². The van der Waals surface area contributed by atoms with Crippen LogP contribution >= 0.6 is 0 Å². The van der Waals surface area contributed by atoms with Gasteiger partial charge in [-0.15, -0.1) is 0 Å². The first-order valence-electron chi connectivity index (χ1n) is 7.32. The molecule has 3 heterocycles. The van der Waals surface area contributed by atoms with E-state index in [1.807, 2.05) is 0 Å². The van der Waals surface area contributed by atoms with Crippen LogP contribution in [0.4, 0.5) is 0 Å². The summed E-state index contributed by atoms with van der Waals surface area (Å²) in [6.45, 7) is 2.74. The summed E-state index contributed by atoms with van der Waals surface area (Å²) in [7, 11) is 0. The molecule has 3 atom stereocenters. The zero-order valence-electron chi connectivity index (χ0n) is 11.3. The van der Waals surface area contributed by atoms with E-state index in [1.165, 1.54) is 19.0 Å². The highest BCUT2D eigenvalue weighted by Gasteiger charge is 2.42. The second kappa shape index (κ2) is 4.82. The molecule has 7 heteroatoms. The van der Waals surface area contributed by atoms with Gasteiger partial charge in [0.2, 0.25) is 0 Å². The van der Waals surface area contributed by atoms with E-state index in [0.717, 1.165) is 32.0 Å². The number of hydrogen-bond donors (Lipinski definition) is 2. The average Bonchev–Trinajstić information content (AvgIpc) is 3.01. The lowest BCUT2D eigenvalue weighted by molar-refractivity contribution is -0.0581. The molecule has 1 aromatic rings. The number of amides is 1. The maximum atomic E-state index is 12.0. The number of rotatable bonds is 3. The Labute approximate surface area is 117 Å². The van der Waals surface area contributed by atoms with E-state index >= 15 is 0 Å². The molecule has 0 bridgehead atoms. The number of aromatic nitrogens is 3. The minimum absolute atomic E-state index is 0.150. The Morgan fingerprint density at radius 2 is 2.35 bits per heavy atom. The molecule has 4 rings (SSSR count). The quantitative estimate of drug-likeness (QED) is 0.798. The van der Waals surface area contributed by atoms with Crippen LogP contribution in [0, 0.1) is 5.92 Å². The Balaban J connectivity index is 1.34. The van der Waals surface area contributed by atoms with Gasteiger partial charge in [0.15, 0.2) is 5.69 Å². The first kappa shape index (κ1) is 12.3. The highest BCUT2D eigenvalue weighted by molar-refractivity contribution is 5.92. The Kier molecular flexibility index (Phi) is 2.96. The molecule has 0 radical (unpaired) electrons. The number of hydrogen-bond acceptors (Lipinski definition) is 5. The maximum Gasteiger partial charge on any atom is 0.273 e. The van der Waals surface area contributed by atoms with Crippen LogP contribution in [0.2, 0.25) is 0 Å². The minimum Gasteiger partial charge on any atom is -0.375 e. The van der Waals surface area contributed by atoms with Gasteiger partial charge >= 0.3 is 0 Å². The van der Waals surface area contributed by atoms with Crippen molar-refractivity contribution in [3.63, 3.8) is 0 Å². The summed E-state index contributed by atoms with van der Waals surface area (Å²) in [5, 5.41) is 13.0. The molecule has 2 aliphatic heterocycles. The molecule has 0 spiro atoms. The summed E-state index contributed by atoms with van der Waals surface area (Å²) in [6.07, 6.45) is 5.45. The largest absolute Gasteiger partial charge is 0.375 e. The van der Waals surface area contributed by atoms with Crippen LogP contribution in [-0.2, 0) is 4.74 Å². The van der Waals surface area contributed by atoms with Gasteiger partial charge in [-0.3, -0.25) is 9.69 Å². The molecule has 2 saturated heterocycles. The lowest BCUT2D eigenvalue weighted by Crippen LogP contribution is -2.47. The summed E-state index contributed by atoms with van der Waals surface area (Å²) in [5.41, 5.74) is 0.349. The van der Waals surface area contributed by atoms with Gasteiger partial charge in [0, 0.05) is 25.2 Å². The molecule has 1 saturated carbocycles. The average molecular weight is 277 g/mol. The number of nitrogens with one attached hydrogen (secondary N) is 2. The van der Waals surface area contributed by atoms with E-state index in [4.69, 9.17) is 4.74 Å². The van der Waals surface area contributed by atoms with Crippen LogP contribution in [-0.4, -0.2) is 64.1 Å². The second-order valence-electron chi connectivity index (χ2n) is 6.08. The standard InChI is InChI=1S/C13H19N5O2/c19-13(11-4-14-17-16-11)15-9-3-10-7-20-12(8-1-2-8)6-18(10)5-9/h4,8-10,12H,1-3,5-7H2,(H,15,19)(H,14,16,17)/t9-,10-,12-/m0/s1. The fraction of sp³-hybridized carbons (Fsp3) is 0.769. The van der Waals surface area contributed by atoms with E-state index in [1.54, 1.807) is 0 Å². The van der Waals surface area contributed by atoms with Gasteiger partial charge in [-0.25, -0.2) is 0 Å². The van der Waals surface area contributed by atoms with Crippen molar-refractivity contribution in [2.75, 3.05) is 19.7 Å². The summed E-state index contributed by atoms with van der Waals surface area (Å²) in [6, 6.07) is 0.637. The van der Waals surface area contributed by atoms with Crippen molar-refractivity contribution in [3.05, 3.63) is 11.9 Å². The lowest BCUT2D eigenvalue weighted by atomic mass is 10.1. The van der Waals surface area contributed by atoms with Crippen LogP contribution in [0.25, 0.3) is 0 Å². The lowest BCUT2D eigenvalue weighted by Gasteiger charge is -2.35. The first-order chi connectivity index (χ1) is 9.79. The van der Waals surface area contributed by atoms with Crippen LogP contribution < -0.4 is 5.32 Å². The molecule has 2 N–H and O–H groups in total. The summed E-state index contributed by atoms with van der Waals surface area (Å²) in [5.74, 6) is 0.628. The Morgan fingerprint density at radius 3 is 3.10 bits per heavy atom. The number of morpholine rings is 1. The number of nitrogens with zero attached hydrogens (tertiary/aromatic N) is 3. The number of aromatic amines is 1. The first-order valence-corrected chi connectivity index (χ1v) is 7.32. The van der Waals surface area contributed by atoms with Gasteiger partial charge in [0.25, 0.3) is 5.91 Å². The molecule has 7 nitrogen and oxygen atoms in total. The molecule has 0 aromatic carbocycles. The van der Waals surface area contributed by atoms with Gasteiger partial charge in [0.05, 0.1) is 18.9 Å². The highest BCUT2D eigenvalue weighted by Crippen LogP contribution is 2.37. The Hall–Kier alpha value is -1.47. The number of H-pyrrole nitrogens is 1. The molecule has 0 unspecified atom stereocenters. The van der Waals surface area contributed by atoms with Gasteiger partial charge < -0.3 is 10.1 Å². The van der Waals surface area contributed by atoms with Crippen molar-refractivity contribution < 1.29 is 9.53 Å². The third-order valence-electron chi connectivity index (χ3n) is 4.58. The zero-order valence-corrected chi connectivity index (χ0v) is 11.3. The summed E-state index contributed by atoms with van der Waals surface area (Å²) < 4.78 is 5.96. The Morgan fingerprint density at radius 1 is 1.45 bits per heavy atom. The number of carbonyl (C=O) groups excluding carboxylic acids is 1. The monoisotopic (exact) mass is 277 g/mol. The number of ether oxygens (including phenoxy) is 1. The predicted molar refractivity (Wildman–Crippen MR) is 70.1 cm³/mol. The van der Waals surface area contributed by atoms with Gasteiger partial charge in [0.1, 0.15) is 0 Å². The van der Waals surface area contributed by atoms with E-state index < -0.39 is 0 Å². The van der Waals surface area contributed by atoms with Crippen LogP contribution in [0.15, 0.2) is 6.20 Å². The van der Waals surface area contributed by atoms with Crippen molar-refractivity contribution in [2.45, 2.75) is 37.5 Å². The molecule has 3 fully saturated rings. The topological polar surface area (TPSA) is 83.1 Å². The van der Waals surface area contributed by atoms with Crippen molar-refractivity contribution >= 4 is 5.91 Å². The molecular weight excluding hydrogens is 258 g/mol. The van der Waals surface area contributed by atoms with Gasteiger partial charge in [-0.2, -0.15) is 15.4 Å². The predicted octanol–water partition coefficient (Wildman–Crippen LogP) is -0.214. The molecule has 1 amide bonds. The van der Waals surface area contributed by atoms with Crippen LogP contribution in [0.3, 0.4) is 0 Å². The van der Waals surface area contributed by atoms with E-state index in [9.17, 15) is 4.79 Å².